The number of rotatable bonds is 6. The van der Waals surface area contributed by atoms with Crippen molar-refractivity contribution in [3.05, 3.63) is 5.89 Å². The van der Waals surface area contributed by atoms with Crippen molar-refractivity contribution < 1.29 is 9.21 Å². The van der Waals surface area contributed by atoms with E-state index in [1.807, 2.05) is 18.9 Å². The molecule has 1 fully saturated rings. The SMILES string of the molecule is CNC(C)c1nnc(NCCC(=O)N2CCCCC2)o1. The molecule has 1 unspecified atom stereocenters. The van der Waals surface area contributed by atoms with Crippen LogP contribution in [0.1, 0.15) is 44.5 Å². The average molecular weight is 281 g/mol. The molecule has 1 saturated heterocycles. The molecule has 1 aromatic rings. The van der Waals surface area contributed by atoms with E-state index in [9.17, 15) is 4.79 Å². The number of amides is 1. The lowest BCUT2D eigenvalue weighted by molar-refractivity contribution is -0.131. The zero-order chi connectivity index (χ0) is 14.4. The largest absolute Gasteiger partial charge is 0.406 e. The number of nitrogens with zero attached hydrogens (tertiary/aromatic N) is 3. The third-order valence-corrected chi connectivity index (χ3v) is 3.57. The van der Waals surface area contributed by atoms with Crippen LogP contribution >= 0.6 is 0 Å². The molecule has 1 aromatic heterocycles. The summed E-state index contributed by atoms with van der Waals surface area (Å²) in [5.74, 6) is 0.734. The van der Waals surface area contributed by atoms with E-state index in [0.717, 1.165) is 25.9 Å². The number of anilines is 1. The quantitative estimate of drug-likeness (QED) is 0.814. The second-order valence-corrected chi connectivity index (χ2v) is 5.07. The fourth-order valence-corrected chi connectivity index (χ4v) is 2.18. The van der Waals surface area contributed by atoms with Gasteiger partial charge in [-0.2, -0.15) is 0 Å². The van der Waals surface area contributed by atoms with Crippen LogP contribution in [0, 0.1) is 0 Å². The van der Waals surface area contributed by atoms with Gasteiger partial charge in [-0.15, -0.1) is 5.10 Å². The number of piperidine rings is 1. The molecule has 2 heterocycles. The first-order valence-electron chi connectivity index (χ1n) is 7.23. The van der Waals surface area contributed by atoms with Crippen molar-refractivity contribution in [2.24, 2.45) is 0 Å². The molecule has 1 aliphatic heterocycles. The topological polar surface area (TPSA) is 83.3 Å². The van der Waals surface area contributed by atoms with Gasteiger partial charge < -0.3 is 20.0 Å². The monoisotopic (exact) mass is 281 g/mol. The van der Waals surface area contributed by atoms with Crippen LogP contribution in [0.25, 0.3) is 0 Å². The highest BCUT2D eigenvalue weighted by Gasteiger charge is 2.16. The van der Waals surface area contributed by atoms with Crippen LogP contribution in [0.3, 0.4) is 0 Å². The predicted octanol–water partition coefficient (Wildman–Crippen LogP) is 1.16. The molecule has 20 heavy (non-hydrogen) atoms. The number of hydrogen-bond acceptors (Lipinski definition) is 6. The minimum atomic E-state index is 0.0213. The Balaban J connectivity index is 1.72. The first kappa shape index (κ1) is 14.8. The highest BCUT2D eigenvalue weighted by molar-refractivity contribution is 5.76. The van der Waals surface area contributed by atoms with E-state index in [1.54, 1.807) is 0 Å². The first-order chi connectivity index (χ1) is 9.70. The Morgan fingerprint density at radius 1 is 1.35 bits per heavy atom. The van der Waals surface area contributed by atoms with Crippen molar-refractivity contribution in [2.45, 2.75) is 38.6 Å². The Hall–Kier alpha value is -1.63. The standard InChI is InChI=1S/C13H23N5O2/c1-10(14-2)12-16-17-13(20-12)15-7-6-11(19)18-8-4-3-5-9-18/h10,14H,3-9H2,1-2H3,(H,15,17). The van der Waals surface area contributed by atoms with Crippen molar-refractivity contribution >= 4 is 11.9 Å². The van der Waals surface area contributed by atoms with Crippen molar-refractivity contribution in [3.8, 4) is 0 Å². The third-order valence-electron chi connectivity index (χ3n) is 3.57. The lowest BCUT2D eigenvalue weighted by Crippen LogP contribution is -2.36. The molecule has 0 aromatic carbocycles. The van der Waals surface area contributed by atoms with Crippen molar-refractivity contribution in [1.82, 2.24) is 20.4 Å². The molecule has 2 N–H and O–H groups in total. The summed E-state index contributed by atoms with van der Waals surface area (Å²) >= 11 is 0. The Morgan fingerprint density at radius 3 is 2.80 bits per heavy atom. The summed E-state index contributed by atoms with van der Waals surface area (Å²) in [5, 5.41) is 13.9. The Morgan fingerprint density at radius 2 is 2.10 bits per heavy atom. The second-order valence-electron chi connectivity index (χ2n) is 5.07. The van der Waals surface area contributed by atoms with Crippen molar-refractivity contribution in [3.63, 3.8) is 0 Å². The predicted molar refractivity (Wildman–Crippen MR) is 75.3 cm³/mol. The van der Waals surface area contributed by atoms with Crippen LogP contribution < -0.4 is 10.6 Å². The molecular formula is C13H23N5O2. The van der Waals surface area contributed by atoms with E-state index in [4.69, 9.17) is 4.42 Å². The van der Waals surface area contributed by atoms with Gasteiger partial charge in [-0.25, -0.2) is 0 Å². The highest BCUT2D eigenvalue weighted by Crippen LogP contribution is 2.13. The zero-order valence-electron chi connectivity index (χ0n) is 12.2. The summed E-state index contributed by atoms with van der Waals surface area (Å²) in [5.41, 5.74) is 0. The molecule has 0 spiro atoms. The van der Waals surface area contributed by atoms with Gasteiger partial charge in [0.15, 0.2) is 0 Å². The molecule has 0 radical (unpaired) electrons. The molecule has 7 heteroatoms. The number of hydrogen-bond donors (Lipinski definition) is 2. The molecule has 7 nitrogen and oxygen atoms in total. The van der Waals surface area contributed by atoms with Gasteiger partial charge in [0.05, 0.1) is 6.04 Å². The van der Waals surface area contributed by atoms with Gasteiger partial charge in [-0.05, 0) is 33.2 Å². The second kappa shape index (κ2) is 7.23. The first-order valence-corrected chi connectivity index (χ1v) is 7.23. The fourth-order valence-electron chi connectivity index (χ4n) is 2.18. The van der Waals surface area contributed by atoms with E-state index >= 15 is 0 Å². The highest BCUT2D eigenvalue weighted by atomic mass is 16.4. The number of likely N-dealkylation sites (tertiary alicyclic amines) is 1. The van der Waals surface area contributed by atoms with Crippen LogP contribution in [0.4, 0.5) is 6.01 Å². The van der Waals surface area contributed by atoms with Gasteiger partial charge in [0.1, 0.15) is 0 Å². The third kappa shape index (κ3) is 3.93. The van der Waals surface area contributed by atoms with Crippen LogP contribution in [0.15, 0.2) is 4.42 Å². The van der Waals surface area contributed by atoms with E-state index in [2.05, 4.69) is 20.8 Å². The fraction of sp³-hybridized carbons (Fsp3) is 0.769. The summed E-state index contributed by atoms with van der Waals surface area (Å²) < 4.78 is 5.44. The minimum absolute atomic E-state index is 0.0213. The van der Waals surface area contributed by atoms with E-state index < -0.39 is 0 Å². The smallest absolute Gasteiger partial charge is 0.315 e. The number of nitrogens with one attached hydrogen (secondary N) is 2. The van der Waals surface area contributed by atoms with Crippen LogP contribution in [-0.2, 0) is 4.79 Å². The van der Waals surface area contributed by atoms with Crippen LogP contribution in [0.5, 0.6) is 0 Å². The van der Waals surface area contributed by atoms with E-state index in [-0.39, 0.29) is 11.9 Å². The average Bonchev–Trinajstić information content (AvgIpc) is 2.96. The molecule has 0 bridgehead atoms. The normalized spacial score (nSPS) is 17.0. The minimum Gasteiger partial charge on any atom is -0.406 e. The number of carbonyl (C=O) groups excluding carboxylic acids is 1. The zero-order valence-corrected chi connectivity index (χ0v) is 12.2. The van der Waals surface area contributed by atoms with Gasteiger partial charge in [0.2, 0.25) is 11.8 Å². The van der Waals surface area contributed by atoms with Crippen LogP contribution in [0.2, 0.25) is 0 Å². The summed E-state index contributed by atoms with van der Waals surface area (Å²) in [6, 6.07) is 0.390. The molecule has 1 atom stereocenters. The lowest BCUT2D eigenvalue weighted by Gasteiger charge is -2.26. The van der Waals surface area contributed by atoms with Crippen molar-refractivity contribution in [2.75, 3.05) is 32.0 Å². The van der Waals surface area contributed by atoms with Gasteiger partial charge in [-0.3, -0.25) is 4.79 Å². The summed E-state index contributed by atoms with van der Waals surface area (Å²) in [4.78, 5) is 13.9. The Labute approximate surface area is 119 Å². The van der Waals surface area contributed by atoms with Gasteiger partial charge in [0.25, 0.3) is 0 Å². The Bertz CT molecular complexity index is 428. The maximum atomic E-state index is 12.0. The molecule has 1 aliphatic rings. The van der Waals surface area contributed by atoms with Gasteiger partial charge in [0, 0.05) is 26.1 Å². The molecular weight excluding hydrogens is 258 g/mol. The summed E-state index contributed by atoms with van der Waals surface area (Å²) in [7, 11) is 1.83. The van der Waals surface area contributed by atoms with Gasteiger partial charge >= 0.3 is 6.01 Å². The van der Waals surface area contributed by atoms with Gasteiger partial charge in [-0.1, -0.05) is 5.10 Å². The molecule has 0 saturated carbocycles. The van der Waals surface area contributed by atoms with Crippen molar-refractivity contribution in [1.29, 1.82) is 0 Å². The molecule has 1 amide bonds. The lowest BCUT2D eigenvalue weighted by atomic mass is 10.1. The van der Waals surface area contributed by atoms with E-state index in [0.29, 0.717) is 24.9 Å². The maximum Gasteiger partial charge on any atom is 0.315 e. The summed E-state index contributed by atoms with van der Waals surface area (Å²) in [6.45, 7) is 4.24. The Kier molecular flexibility index (Phi) is 5.34. The molecule has 0 aliphatic carbocycles. The number of carbonyl (C=O) groups is 1. The summed E-state index contributed by atoms with van der Waals surface area (Å²) in [6.07, 6.45) is 3.93. The van der Waals surface area contributed by atoms with Crippen LogP contribution in [-0.4, -0.2) is 47.7 Å². The molecule has 112 valence electrons. The number of aromatic nitrogens is 2. The maximum absolute atomic E-state index is 12.0. The molecule has 2 rings (SSSR count). The van der Waals surface area contributed by atoms with E-state index in [1.165, 1.54) is 6.42 Å².